The van der Waals surface area contributed by atoms with Crippen molar-refractivity contribution in [3.63, 3.8) is 0 Å². The van der Waals surface area contributed by atoms with Crippen molar-refractivity contribution in [1.82, 2.24) is 0 Å². The van der Waals surface area contributed by atoms with E-state index in [2.05, 4.69) is 0 Å². The van der Waals surface area contributed by atoms with E-state index >= 15 is 0 Å². The number of hydrogen-bond donors (Lipinski definition) is 3. The Morgan fingerprint density at radius 1 is 0.895 bits per heavy atom. The average molecular weight is 276 g/mol. The van der Waals surface area contributed by atoms with Crippen LogP contribution in [-0.4, -0.2) is 64.3 Å². The Labute approximate surface area is 113 Å². The van der Waals surface area contributed by atoms with Gasteiger partial charge in [-0.25, -0.2) is 0 Å². The van der Waals surface area contributed by atoms with Crippen molar-refractivity contribution in [2.45, 2.75) is 82.6 Å². The van der Waals surface area contributed by atoms with Crippen LogP contribution in [0.2, 0.25) is 0 Å². The van der Waals surface area contributed by atoms with Crippen LogP contribution in [0.25, 0.3) is 0 Å². The van der Waals surface area contributed by atoms with E-state index in [1.54, 1.807) is 13.8 Å². The molecule has 6 nitrogen and oxygen atoms in total. The van der Waals surface area contributed by atoms with E-state index in [4.69, 9.17) is 14.2 Å². The van der Waals surface area contributed by atoms with Crippen LogP contribution in [0, 0.1) is 0 Å². The summed E-state index contributed by atoms with van der Waals surface area (Å²) in [7, 11) is 0. The zero-order valence-corrected chi connectivity index (χ0v) is 11.6. The fraction of sp³-hybridized carbons (Fsp3) is 1.00. The maximum atomic E-state index is 10.1. The van der Waals surface area contributed by atoms with Crippen LogP contribution < -0.4 is 0 Å². The first-order valence-corrected chi connectivity index (χ1v) is 6.89. The van der Waals surface area contributed by atoms with Crippen molar-refractivity contribution in [2.24, 2.45) is 0 Å². The van der Waals surface area contributed by atoms with Crippen LogP contribution in [-0.2, 0) is 14.2 Å². The minimum atomic E-state index is -0.891. The Hall–Kier alpha value is -0.240. The zero-order valence-electron chi connectivity index (χ0n) is 11.6. The molecule has 2 rings (SSSR count). The van der Waals surface area contributed by atoms with Crippen LogP contribution in [0.5, 0.6) is 0 Å². The second kappa shape index (κ2) is 6.03. The molecule has 6 heteroatoms. The molecule has 0 aromatic carbocycles. The highest BCUT2D eigenvalue weighted by Crippen LogP contribution is 2.27. The van der Waals surface area contributed by atoms with E-state index in [0.717, 1.165) is 0 Å². The molecule has 0 saturated carbocycles. The lowest BCUT2D eigenvalue weighted by Gasteiger charge is -2.41. The van der Waals surface area contributed by atoms with Gasteiger partial charge in [0, 0.05) is 12.8 Å². The van der Waals surface area contributed by atoms with Gasteiger partial charge >= 0.3 is 0 Å². The number of ether oxygens (including phenoxy) is 3. The Balaban J connectivity index is 1.93. The molecule has 0 aliphatic carbocycles. The van der Waals surface area contributed by atoms with Crippen molar-refractivity contribution in [2.75, 3.05) is 0 Å². The molecule has 2 saturated heterocycles. The van der Waals surface area contributed by atoms with E-state index in [1.165, 1.54) is 0 Å². The summed E-state index contributed by atoms with van der Waals surface area (Å²) >= 11 is 0. The summed E-state index contributed by atoms with van der Waals surface area (Å²) in [6, 6.07) is 0. The zero-order chi connectivity index (χ0) is 14.2. The predicted octanol–water partition coefficient (Wildman–Crippen LogP) is -0.214. The summed E-state index contributed by atoms with van der Waals surface area (Å²) in [5.74, 6) is 0. The van der Waals surface area contributed by atoms with Crippen molar-refractivity contribution in [3.05, 3.63) is 0 Å². The molecular weight excluding hydrogens is 252 g/mol. The van der Waals surface area contributed by atoms with E-state index in [9.17, 15) is 15.3 Å². The van der Waals surface area contributed by atoms with Gasteiger partial charge in [0.05, 0.1) is 30.5 Å². The number of rotatable bonds is 2. The first-order valence-electron chi connectivity index (χ1n) is 6.89. The summed E-state index contributed by atoms with van der Waals surface area (Å²) in [6.07, 6.45) is -3.41. The third-order valence-electron chi connectivity index (χ3n) is 3.88. The van der Waals surface area contributed by atoms with Crippen LogP contribution in [0.15, 0.2) is 0 Å². The Morgan fingerprint density at radius 3 is 2.16 bits per heavy atom. The minimum Gasteiger partial charge on any atom is -0.390 e. The third kappa shape index (κ3) is 3.45. The highest BCUT2D eigenvalue weighted by atomic mass is 16.7. The number of hydrogen-bond acceptors (Lipinski definition) is 6. The summed E-state index contributed by atoms with van der Waals surface area (Å²) in [4.78, 5) is 0. The predicted molar refractivity (Wildman–Crippen MR) is 66.5 cm³/mol. The SMILES string of the molecule is CC1O[C@@H](O[C@@H]2C[C@H](C)OC(C)[C@@H]2O)C[C@@H](O)[C@@H]1O. The largest absolute Gasteiger partial charge is 0.390 e. The van der Waals surface area contributed by atoms with Crippen LogP contribution in [0.1, 0.15) is 33.6 Å². The minimum absolute atomic E-state index is 0.0138. The van der Waals surface area contributed by atoms with Crippen molar-refractivity contribution in [1.29, 1.82) is 0 Å². The second-order valence-corrected chi connectivity index (χ2v) is 5.62. The van der Waals surface area contributed by atoms with Crippen molar-refractivity contribution < 1.29 is 29.5 Å². The molecule has 0 amide bonds. The van der Waals surface area contributed by atoms with Crippen molar-refractivity contribution in [3.8, 4) is 0 Å². The molecule has 2 unspecified atom stereocenters. The molecule has 19 heavy (non-hydrogen) atoms. The Bertz CT molecular complexity index is 287. The summed E-state index contributed by atoms with van der Waals surface area (Å²) in [5, 5.41) is 29.4. The average Bonchev–Trinajstić information content (AvgIpc) is 2.32. The molecule has 0 spiro atoms. The number of aliphatic hydroxyl groups excluding tert-OH is 3. The van der Waals surface area contributed by atoms with E-state index in [0.29, 0.717) is 6.42 Å². The fourth-order valence-corrected chi connectivity index (χ4v) is 2.71. The molecule has 0 aromatic heterocycles. The normalized spacial score (nSPS) is 52.1. The lowest BCUT2D eigenvalue weighted by molar-refractivity contribution is -0.285. The van der Waals surface area contributed by atoms with Gasteiger partial charge in [-0.3, -0.25) is 0 Å². The second-order valence-electron chi connectivity index (χ2n) is 5.62. The van der Waals surface area contributed by atoms with Crippen LogP contribution in [0.3, 0.4) is 0 Å². The van der Waals surface area contributed by atoms with Gasteiger partial charge in [-0.05, 0) is 20.8 Å². The Morgan fingerprint density at radius 2 is 1.53 bits per heavy atom. The fourth-order valence-electron chi connectivity index (χ4n) is 2.71. The molecule has 3 N–H and O–H groups in total. The first kappa shape index (κ1) is 15.2. The summed E-state index contributed by atoms with van der Waals surface area (Å²) in [5.41, 5.74) is 0. The molecule has 2 aliphatic heterocycles. The summed E-state index contributed by atoms with van der Waals surface area (Å²) in [6.45, 7) is 5.43. The van der Waals surface area contributed by atoms with Gasteiger partial charge in [0.1, 0.15) is 12.2 Å². The van der Waals surface area contributed by atoms with E-state index in [-0.39, 0.29) is 24.7 Å². The maximum absolute atomic E-state index is 10.1. The Kier molecular flexibility index (Phi) is 4.81. The standard InChI is InChI=1S/C13H24O6/c1-6-4-10(13(16)8(3)17-6)19-11-5-9(14)12(15)7(2)18-11/h6-16H,4-5H2,1-3H3/t6-,7?,8?,9+,10+,11-,12+,13-/m0/s1. The van der Waals surface area contributed by atoms with E-state index in [1.807, 2.05) is 6.92 Å². The number of aliphatic hydroxyl groups is 3. The van der Waals surface area contributed by atoms with Gasteiger partial charge < -0.3 is 29.5 Å². The molecule has 2 heterocycles. The topological polar surface area (TPSA) is 88.4 Å². The lowest BCUT2D eigenvalue weighted by atomic mass is 9.98. The molecule has 2 fully saturated rings. The molecule has 0 bridgehead atoms. The lowest BCUT2D eigenvalue weighted by Crippen LogP contribution is -2.52. The molecule has 0 aromatic rings. The summed E-state index contributed by atoms with van der Waals surface area (Å²) < 4.78 is 16.8. The van der Waals surface area contributed by atoms with Crippen LogP contribution in [0.4, 0.5) is 0 Å². The molecule has 0 radical (unpaired) electrons. The highest BCUT2D eigenvalue weighted by molar-refractivity contribution is 4.85. The monoisotopic (exact) mass is 276 g/mol. The molecule has 2 aliphatic rings. The molecule has 8 atom stereocenters. The van der Waals surface area contributed by atoms with Crippen LogP contribution >= 0.6 is 0 Å². The first-order chi connectivity index (χ1) is 8.88. The van der Waals surface area contributed by atoms with Gasteiger partial charge in [-0.2, -0.15) is 0 Å². The van der Waals surface area contributed by atoms with Gasteiger partial charge in [0.15, 0.2) is 6.29 Å². The van der Waals surface area contributed by atoms with Gasteiger partial charge in [-0.15, -0.1) is 0 Å². The van der Waals surface area contributed by atoms with E-state index < -0.39 is 30.7 Å². The molecule has 112 valence electrons. The highest BCUT2D eigenvalue weighted by Gasteiger charge is 2.40. The maximum Gasteiger partial charge on any atom is 0.161 e. The quantitative estimate of drug-likeness (QED) is 0.646. The van der Waals surface area contributed by atoms with Crippen molar-refractivity contribution >= 4 is 0 Å². The van der Waals surface area contributed by atoms with Gasteiger partial charge in [-0.1, -0.05) is 0 Å². The van der Waals surface area contributed by atoms with Gasteiger partial charge in [0.25, 0.3) is 0 Å². The third-order valence-corrected chi connectivity index (χ3v) is 3.88. The molecular formula is C13H24O6. The smallest absolute Gasteiger partial charge is 0.161 e. The van der Waals surface area contributed by atoms with Gasteiger partial charge in [0.2, 0.25) is 0 Å².